The second kappa shape index (κ2) is 9.04. The SMILES string of the molecule is CCCc1nc(-n2cccc2)c(C=O)n1Cc1ccc(-c2ccccc2-c2nn[nH]n2)cc1. The number of nitrogens with one attached hydrogen (secondary N) is 1. The Kier molecular flexibility index (Phi) is 5.63. The molecule has 33 heavy (non-hydrogen) atoms. The van der Waals surface area contributed by atoms with Gasteiger partial charge in [-0.15, -0.1) is 10.2 Å². The van der Waals surface area contributed by atoms with Crippen molar-refractivity contribution in [1.82, 2.24) is 34.7 Å². The van der Waals surface area contributed by atoms with Gasteiger partial charge in [0.25, 0.3) is 0 Å². The molecule has 5 rings (SSSR count). The van der Waals surface area contributed by atoms with Crippen molar-refractivity contribution in [3.63, 3.8) is 0 Å². The van der Waals surface area contributed by atoms with Crippen molar-refractivity contribution in [2.24, 2.45) is 0 Å². The zero-order valence-electron chi connectivity index (χ0n) is 18.2. The fraction of sp³-hybridized carbons (Fsp3) is 0.160. The standard InChI is InChI=1S/C25H23N7O/c1-2-7-23-26-25(31-14-5-6-15-31)22(17-33)32(23)16-18-10-12-19(13-11-18)20-8-3-4-9-21(20)24-27-29-30-28-24/h3-6,8-15,17H,2,7,16H2,1H3,(H,27,28,29,30). The van der Waals surface area contributed by atoms with Crippen LogP contribution in [0, 0.1) is 0 Å². The maximum absolute atomic E-state index is 12.0. The Bertz CT molecular complexity index is 1350. The molecule has 0 aliphatic rings. The van der Waals surface area contributed by atoms with Crippen LogP contribution in [0.1, 0.15) is 35.2 Å². The number of aromatic amines is 1. The number of imidazole rings is 1. The lowest BCUT2D eigenvalue weighted by Gasteiger charge is -2.11. The molecule has 3 heterocycles. The molecule has 0 aliphatic carbocycles. The fourth-order valence-electron chi connectivity index (χ4n) is 4.05. The number of tetrazole rings is 1. The minimum absolute atomic E-state index is 0.561. The highest BCUT2D eigenvalue weighted by Crippen LogP contribution is 2.30. The summed E-state index contributed by atoms with van der Waals surface area (Å²) >= 11 is 0. The topological polar surface area (TPSA) is 94.3 Å². The van der Waals surface area contributed by atoms with Crippen molar-refractivity contribution in [2.45, 2.75) is 26.3 Å². The molecule has 5 aromatic rings. The molecule has 0 unspecified atom stereocenters. The lowest BCUT2D eigenvalue weighted by atomic mass is 9.98. The second-order valence-corrected chi connectivity index (χ2v) is 7.76. The summed E-state index contributed by atoms with van der Waals surface area (Å²) in [6, 6.07) is 20.2. The number of hydrogen-bond donors (Lipinski definition) is 1. The van der Waals surface area contributed by atoms with E-state index in [1.165, 1.54) is 0 Å². The number of hydrogen-bond acceptors (Lipinski definition) is 5. The highest BCUT2D eigenvalue weighted by molar-refractivity contribution is 5.80. The van der Waals surface area contributed by atoms with Crippen LogP contribution in [0.3, 0.4) is 0 Å². The van der Waals surface area contributed by atoms with Gasteiger partial charge in [0, 0.05) is 30.9 Å². The van der Waals surface area contributed by atoms with Crippen LogP contribution in [-0.4, -0.2) is 41.0 Å². The highest BCUT2D eigenvalue weighted by Gasteiger charge is 2.18. The first-order chi connectivity index (χ1) is 16.3. The molecule has 2 aromatic carbocycles. The normalized spacial score (nSPS) is 11.1. The monoisotopic (exact) mass is 437 g/mol. The van der Waals surface area contributed by atoms with Crippen LogP contribution in [-0.2, 0) is 13.0 Å². The molecular formula is C25H23N7O. The van der Waals surface area contributed by atoms with Gasteiger partial charge in [-0.1, -0.05) is 55.5 Å². The van der Waals surface area contributed by atoms with E-state index < -0.39 is 0 Å². The van der Waals surface area contributed by atoms with E-state index in [4.69, 9.17) is 4.98 Å². The summed E-state index contributed by atoms with van der Waals surface area (Å²) in [6.07, 6.45) is 6.47. The predicted molar refractivity (Wildman–Crippen MR) is 125 cm³/mol. The lowest BCUT2D eigenvalue weighted by Crippen LogP contribution is -2.09. The molecule has 0 saturated heterocycles. The molecule has 164 valence electrons. The first-order valence-electron chi connectivity index (χ1n) is 10.9. The quantitative estimate of drug-likeness (QED) is 0.365. The molecule has 0 spiro atoms. The third-order valence-corrected chi connectivity index (χ3v) is 5.62. The maximum atomic E-state index is 12.0. The Labute approximate surface area is 190 Å². The first-order valence-corrected chi connectivity index (χ1v) is 10.9. The Morgan fingerprint density at radius 3 is 2.39 bits per heavy atom. The van der Waals surface area contributed by atoms with Crippen molar-refractivity contribution in [3.8, 4) is 28.3 Å². The van der Waals surface area contributed by atoms with Gasteiger partial charge in [-0.2, -0.15) is 5.21 Å². The summed E-state index contributed by atoms with van der Waals surface area (Å²) in [5, 5.41) is 14.4. The third kappa shape index (κ3) is 3.98. The van der Waals surface area contributed by atoms with Crippen LogP contribution in [0.15, 0.2) is 73.1 Å². The van der Waals surface area contributed by atoms with Crippen molar-refractivity contribution in [2.75, 3.05) is 0 Å². The maximum Gasteiger partial charge on any atom is 0.205 e. The molecule has 0 aliphatic heterocycles. The Hall–Kier alpha value is -4.33. The van der Waals surface area contributed by atoms with Crippen LogP contribution < -0.4 is 0 Å². The summed E-state index contributed by atoms with van der Waals surface area (Å²) in [7, 11) is 0. The van der Waals surface area contributed by atoms with E-state index in [-0.39, 0.29) is 0 Å². The van der Waals surface area contributed by atoms with Gasteiger partial charge in [0.05, 0.1) is 0 Å². The summed E-state index contributed by atoms with van der Waals surface area (Å²) < 4.78 is 3.91. The van der Waals surface area contributed by atoms with Gasteiger partial charge < -0.3 is 9.13 Å². The summed E-state index contributed by atoms with van der Waals surface area (Å²) in [5.74, 6) is 2.14. The molecule has 0 fully saturated rings. The van der Waals surface area contributed by atoms with Crippen LogP contribution in [0.2, 0.25) is 0 Å². The molecule has 3 aromatic heterocycles. The number of nitrogens with zero attached hydrogens (tertiary/aromatic N) is 6. The average Bonchev–Trinajstić information content (AvgIpc) is 3.62. The van der Waals surface area contributed by atoms with E-state index in [0.717, 1.165) is 47.2 Å². The van der Waals surface area contributed by atoms with Crippen LogP contribution in [0.4, 0.5) is 0 Å². The first kappa shape index (κ1) is 20.6. The van der Waals surface area contributed by atoms with E-state index >= 15 is 0 Å². The lowest BCUT2D eigenvalue weighted by molar-refractivity contribution is 0.111. The van der Waals surface area contributed by atoms with Gasteiger partial charge in [-0.3, -0.25) is 4.79 Å². The molecule has 0 radical (unpaired) electrons. The van der Waals surface area contributed by atoms with E-state index in [1.807, 2.05) is 57.9 Å². The summed E-state index contributed by atoms with van der Waals surface area (Å²) in [4.78, 5) is 16.8. The van der Waals surface area contributed by atoms with E-state index in [9.17, 15) is 4.79 Å². The number of aldehydes is 1. The van der Waals surface area contributed by atoms with E-state index in [1.54, 1.807) is 0 Å². The third-order valence-electron chi connectivity index (χ3n) is 5.62. The van der Waals surface area contributed by atoms with Crippen molar-refractivity contribution < 1.29 is 4.79 Å². The number of benzene rings is 2. The molecule has 0 atom stereocenters. The van der Waals surface area contributed by atoms with Gasteiger partial charge in [-0.05, 0) is 40.5 Å². The van der Waals surface area contributed by atoms with Crippen LogP contribution in [0.25, 0.3) is 28.3 Å². The van der Waals surface area contributed by atoms with Crippen LogP contribution in [0.5, 0.6) is 0 Å². The minimum atomic E-state index is 0.561. The molecule has 1 N–H and O–H groups in total. The summed E-state index contributed by atoms with van der Waals surface area (Å²) in [5.41, 5.74) is 4.68. The smallest absolute Gasteiger partial charge is 0.205 e. The fourth-order valence-corrected chi connectivity index (χ4v) is 4.05. The summed E-state index contributed by atoms with van der Waals surface area (Å²) in [6.45, 7) is 2.69. The van der Waals surface area contributed by atoms with Gasteiger partial charge in [0.1, 0.15) is 11.5 Å². The number of rotatable bonds is 8. The van der Waals surface area contributed by atoms with Crippen molar-refractivity contribution >= 4 is 6.29 Å². The Morgan fingerprint density at radius 1 is 0.970 bits per heavy atom. The molecule has 8 nitrogen and oxygen atoms in total. The van der Waals surface area contributed by atoms with Gasteiger partial charge in [0.15, 0.2) is 12.1 Å². The largest absolute Gasteiger partial charge is 0.319 e. The zero-order valence-corrected chi connectivity index (χ0v) is 18.2. The van der Waals surface area contributed by atoms with Crippen molar-refractivity contribution in [3.05, 3.63) is 90.1 Å². The number of aryl methyl sites for hydroxylation is 1. The van der Waals surface area contributed by atoms with Crippen molar-refractivity contribution in [1.29, 1.82) is 0 Å². The highest BCUT2D eigenvalue weighted by atomic mass is 16.1. The molecule has 0 saturated carbocycles. The predicted octanol–water partition coefficient (Wildman–Crippen LogP) is 4.33. The van der Waals surface area contributed by atoms with E-state index in [0.29, 0.717) is 23.9 Å². The van der Waals surface area contributed by atoms with Gasteiger partial charge >= 0.3 is 0 Å². The van der Waals surface area contributed by atoms with Gasteiger partial charge in [0.2, 0.25) is 5.82 Å². The van der Waals surface area contributed by atoms with Crippen LogP contribution >= 0.6 is 0 Å². The molecular weight excluding hydrogens is 414 g/mol. The van der Waals surface area contributed by atoms with Gasteiger partial charge in [-0.25, -0.2) is 4.98 Å². The minimum Gasteiger partial charge on any atom is -0.319 e. The number of H-pyrrole nitrogens is 1. The molecule has 8 heteroatoms. The number of aromatic nitrogens is 7. The zero-order chi connectivity index (χ0) is 22.6. The molecule has 0 amide bonds. The number of carbonyl (C=O) groups is 1. The van der Waals surface area contributed by atoms with E-state index in [2.05, 4.69) is 51.8 Å². The Balaban J connectivity index is 1.48. The Morgan fingerprint density at radius 2 is 1.73 bits per heavy atom. The molecule has 0 bridgehead atoms. The average molecular weight is 438 g/mol. The number of carbonyl (C=O) groups excluding carboxylic acids is 1. The second-order valence-electron chi connectivity index (χ2n) is 7.76.